The van der Waals surface area contributed by atoms with Crippen molar-refractivity contribution in [3.63, 3.8) is 0 Å². The van der Waals surface area contributed by atoms with E-state index in [2.05, 4.69) is 0 Å². The highest BCUT2D eigenvalue weighted by Crippen LogP contribution is 2.73. The van der Waals surface area contributed by atoms with Gasteiger partial charge in [0.25, 0.3) is 0 Å². The molecule has 170 valence electrons. The lowest BCUT2D eigenvalue weighted by Crippen LogP contribution is -2.68. The van der Waals surface area contributed by atoms with Crippen molar-refractivity contribution in [3.8, 4) is 0 Å². The van der Waals surface area contributed by atoms with Gasteiger partial charge >= 0.3 is 0 Å². The second-order valence-electron chi connectivity index (χ2n) is 10.1. The number of thioether (sulfide) groups is 1. The number of hydrogen-bond donors (Lipinski definition) is 1. The summed E-state index contributed by atoms with van der Waals surface area (Å²) in [6.07, 6.45) is 5.14. The third kappa shape index (κ3) is 2.37. The summed E-state index contributed by atoms with van der Waals surface area (Å²) in [6.45, 7) is 3.06. The molecule has 1 N–H and O–H groups in total. The summed E-state index contributed by atoms with van der Waals surface area (Å²) >= 11 is 0.579. The highest BCUT2D eigenvalue weighted by atomic mass is 32.2. The Balaban J connectivity index is 1.64. The summed E-state index contributed by atoms with van der Waals surface area (Å²) in [5.41, 5.74) is -3.17. The number of aliphatic hydroxyl groups excluding tert-OH is 1. The van der Waals surface area contributed by atoms with Crippen LogP contribution in [0.3, 0.4) is 0 Å². The first-order valence-corrected chi connectivity index (χ1v) is 11.9. The number of fused-ring (bicyclic) bond motifs is 7. The molecule has 0 aromatic heterocycles. The molecule has 0 radical (unpaired) electrons. The predicted octanol–water partition coefficient (Wildman–Crippen LogP) is 3.51. The molecular formula is C23H28F2O5S. The number of ketones is 1. The maximum absolute atomic E-state index is 15.1. The van der Waals surface area contributed by atoms with E-state index in [1.165, 1.54) is 6.08 Å². The van der Waals surface area contributed by atoms with Gasteiger partial charge in [0.15, 0.2) is 11.4 Å². The smallest absolute Gasteiger partial charge is 0.226 e. The topological polar surface area (TPSA) is 72.8 Å². The lowest BCUT2D eigenvalue weighted by molar-refractivity contribution is -0.218. The van der Waals surface area contributed by atoms with Gasteiger partial charge in [-0.3, -0.25) is 14.0 Å². The Morgan fingerprint density at radius 3 is 2.81 bits per heavy atom. The molecule has 8 atom stereocenters. The molecule has 1 heterocycles. The molecule has 1 saturated heterocycles. The number of rotatable bonds is 3. The van der Waals surface area contributed by atoms with Gasteiger partial charge in [0.1, 0.15) is 12.8 Å². The molecule has 0 bridgehead atoms. The van der Waals surface area contributed by atoms with Crippen molar-refractivity contribution in [2.24, 2.45) is 28.1 Å². The van der Waals surface area contributed by atoms with E-state index in [-0.39, 0.29) is 30.8 Å². The van der Waals surface area contributed by atoms with Crippen LogP contribution in [-0.2, 0) is 19.1 Å². The molecule has 4 fully saturated rings. The molecule has 4 aliphatic carbocycles. The van der Waals surface area contributed by atoms with Crippen LogP contribution < -0.4 is 0 Å². The van der Waals surface area contributed by atoms with E-state index in [0.717, 1.165) is 5.57 Å². The number of ether oxygens (including phenoxy) is 2. The van der Waals surface area contributed by atoms with Crippen molar-refractivity contribution in [1.29, 1.82) is 0 Å². The quantitative estimate of drug-likeness (QED) is 0.704. The molecular weight excluding hydrogens is 426 g/mol. The lowest BCUT2D eigenvalue weighted by atomic mass is 9.39. The van der Waals surface area contributed by atoms with Crippen LogP contribution in [0.5, 0.6) is 0 Å². The Morgan fingerprint density at radius 2 is 2.10 bits per heavy atom. The summed E-state index contributed by atoms with van der Waals surface area (Å²) in [5.74, 6) is -0.477. The molecule has 1 aliphatic heterocycles. The minimum Gasteiger partial charge on any atom is -0.392 e. The van der Waals surface area contributed by atoms with Crippen LogP contribution in [0, 0.1) is 28.1 Å². The Morgan fingerprint density at radius 1 is 1.32 bits per heavy atom. The molecule has 5 aliphatic rings. The van der Waals surface area contributed by atoms with E-state index < -0.39 is 51.9 Å². The van der Waals surface area contributed by atoms with Gasteiger partial charge in [-0.05, 0) is 49.7 Å². The molecule has 31 heavy (non-hydrogen) atoms. The second-order valence-corrected chi connectivity index (χ2v) is 11.0. The Labute approximate surface area is 184 Å². The molecule has 0 spiro atoms. The molecule has 3 saturated carbocycles. The molecule has 0 amide bonds. The summed E-state index contributed by atoms with van der Waals surface area (Å²) in [5, 5.41) is 11.2. The Kier molecular flexibility index (Phi) is 4.88. The monoisotopic (exact) mass is 454 g/mol. The summed E-state index contributed by atoms with van der Waals surface area (Å²) in [6, 6.07) is -0.858. The largest absolute Gasteiger partial charge is 0.392 e. The Hall–Kier alpha value is -1.09. The van der Waals surface area contributed by atoms with Crippen LogP contribution in [0.4, 0.5) is 8.78 Å². The molecule has 5 nitrogen and oxygen atoms in total. The number of aliphatic hydroxyl groups is 1. The van der Waals surface area contributed by atoms with Gasteiger partial charge in [0.2, 0.25) is 5.12 Å². The third-order valence-electron chi connectivity index (χ3n) is 9.47. The van der Waals surface area contributed by atoms with Crippen LogP contribution in [0.25, 0.3) is 0 Å². The van der Waals surface area contributed by atoms with E-state index in [0.29, 0.717) is 31.0 Å². The van der Waals surface area contributed by atoms with E-state index in [1.54, 1.807) is 12.2 Å². The van der Waals surface area contributed by atoms with E-state index in [9.17, 15) is 19.1 Å². The van der Waals surface area contributed by atoms with Crippen molar-refractivity contribution >= 4 is 22.7 Å². The first-order valence-electron chi connectivity index (χ1n) is 10.9. The van der Waals surface area contributed by atoms with Gasteiger partial charge in [0, 0.05) is 16.2 Å². The first-order chi connectivity index (χ1) is 14.7. The van der Waals surface area contributed by atoms with Crippen molar-refractivity contribution in [2.45, 2.75) is 57.3 Å². The fraction of sp³-hybridized carbons (Fsp3) is 0.739. The highest BCUT2D eigenvalue weighted by Gasteiger charge is 2.78. The van der Waals surface area contributed by atoms with Crippen molar-refractivity contribution < 1.29 is 33.0 Å². The third-order valence-corrected chi connectivity index (χ3v) is 10.1. The summed E-state index contributed by atoms with van der Waals surface area (Å²) in [7, 11) is 0. The summed E-state index contributed by atoms with van der Waals surface area (Å²) in [4.78, 5) is 25.2. The van der Waals surface area contributed by atoms with Gasteiger partial charge in [-0.2, -0.15) is 0 Å². The average molecular weight is 455 g/mol. The number of alkyl halides is 2. The Bertz CT molecular complexity index is 891. The highest BCUT2D eigenvalue weighted by molar-refractivity contribution is 8.13. The van der Waals surface area contributed by atoms with E-state index >= 15 is 4.39 Å². The van der Waals surface area contributed by atoms with E-state index in [4.69, 9.17) is 9.47 Å². The van der Waals surface area contributed by atoms with Gasteiger partial charge in [0.05, 0.1) is 18.9 Å². The van der Waals surface area contributed by atoms with Crippen LogP contribution in [0.1, 0.15) is 39.5 Å². The predicted molar refractivity (Wildman–Crippen MR) is 110 cm³/mol. The number of hydrogen-bond acceptors (Lipinski definition) is 6. The zero-order chi connectivity index (χ0) is 22.2. The molecule has 0 aromatic carbocycles. The number of halogens is 2. The van der Waals surface area contributed by atoms with Gasteiger partial charge in [-0.15, -0.1) is 0 Å². The zero-order valence-corrected chi connectivity index (χ0v) is 18.6. The molecule has 8 heteroatoms. The maximum Gasteiger partial charge on any atom is 0.226 e. The van der Waals surface area contributed by atoms with Crippen LogP contribution in [0.15, 0.2) is 23.8 Å². The van der Waals surface area contributed by atoms with Crippen LogP contribution in [0.2, 0.25) is 0 Å². The summed E-state index contributed by atoms with van der Waals surface area (Å²) < 4.78 is 40.0. The fourth-order valence-electron chi connectivity index (χ4n) is 7.97. The van der Waals surface area contributed by atoms with Crippen LogP contribution in [-0.4, -0.2) is 53.3 Å². The second kappa shape index (κ2) is 6.95. The standard InChI is InChI=1S/C23H28F2O5S/c1-20-6-5-14(26)7-13(20)3-4-15-16-8-18-23(30-12-29-18,19(28)31-11-25)21(16,2)9-17(27)22(15,20)10-24/h5-7,15-18,27H,3-4,8-12H2,1-2H3/t15-,16-,17-,18+,20-,21-,22+,23-/m0/s1. The lowest BCUT2D eigenvalue weighted by Gasteiger charge is -2.65. The average Bonchev–Trinajstić information content (AvgIpc) is 3.25. The first kappa shape index (κ1) is 21.7. The normalized spacial score (nSPS) is 50.4. The number of carbonyl (C=O) groups excluding carboxylic acids is 2. The molecule has 5 rings (SSSR count). The van der Waals surface area contributed by atoms with Gasteiger partial charge < -0.3 is 14.6 Å². The van der Waals surface area contributed by atoms with Crippen molar-refractivity contribution in [2.75, 3.05) is 19.5 Å². The maximum atomic E-state index is 15.1. The van der Waals surface area contributed by atoms with E-state index in [1.807, 2.05) is 13.8 Å². The SMILES string of the molecule is C[C@]12C=CC(=O)C=C1CC[C@H]1[C@@H]3C[C@H]4OCO[C@@]4(C(=O)SCF)[C@@]3(C)C[C@H](O)[C@@]12CF. The zero-order valence-electron chi connectivity index (χ0n) is 17.7. The van der Waals surface area contributed by atoms with Crippen molar-refractivity contribution in [1.82, 2.24) is 0 Å². The molecule has 0 aromatic rings. The van der Waals surface area contributed by atoms with Crippen molar-refractivity contribution in [3.05, 3.63) is 23.8 Å². The minimum atomic E-state index is -1.34. The fourth-order valence-corrected chi connectivity index (χ4v) is 8.71. The number of allylic oxidation sites excluding steroid dienone is 4. The van der Waals surface area contributed by atoms with Gasteiger partial charge in [-0.25, -0.2) is 4.39 Å². The number of carbonyl (C=O) groups is 2. The minimum absolute atomic E-state index is 0.0456. The van der Waals surface area contributed by atoms with Crippen LogP contribution >= 0.6 is 11.8 Å². The molecule has 0 unspecified atom stereocenters. The van der Waals surface area contributed by atoms with Gasteiger partial charge in [-0.1, -0.05) is 37.3 Å².